The van der Waals surface area contributed by atoms with Crippen molar-refractivity contribution in [2.24, 2.45) is 5.14 Å². The van der Waals surface area contributed by atoms with Gasteiger partial charge in [0.05, 0.1) is 4.90 Å². The van der Waals surface area contributed by atoms with Crippen molar-refractivity contribution in [3.8, 4) is 0 Å². The van der Waals surface area contributed by atoms with Gasteiger partial charge in [0.15, 0.2) is 0 Å². The number of nitrogens with zero attached hydrogens (tertiary/aromatic N) is 1. The fraction of sp³-hybridized carbons (Fsp3) is 0.533. The van der Waals surface area contributed by atoms with Crippen LogP contribution in [0, 0.1) is 13.8 Å². The number of primary sulfonamides is 1. The Morgan fingerprint density at radius 2 is 1.90 bits per heavy atom. The number of carbonyl (C=O) groups is 1. The van der Waals surface area contributed by atoms with Gasteiger partial charge >= 0.3 is 0 Å². The molecule has 6 heteroatoms. The first-order chi connectivity index (χ1) is 9.54. The number of carbonyl (C=O) groups excluding carboxylic acids is 1. The first-order valence-electron chi connectivity index (χ1n) is 7.00. The summed E-state index contributed by atoms with van der Waals surface area (Å²) in [6.07, 6.45) is 1.91. The minimum Gasteiger partial charge on any atom is -0.334 e. The molecule has 1 fully saturated rings. The van der Waals surface area contributed by atoms with E-state index < -0.39 is 10.0 Å². The Bertz CT molecular complexity index is 693. The number of benzene rings is 1. The molecule has 116 valence electrons. The van der Waals surface area contributed by atoms with Crippen molar-refractivity contribution in [3.05, 3.63) is 28.8 Å². The minimum absolute atomic E-state index is 0.0304. The Balaban J connectivity index is 2.51. The summed E-state index contributed by atoms with van der Waals surface area (Å²) in [5.41, 5.74) is 1.53. The second-order valence-electron chi connectivity index (χ2n) is 6.33. The summed E-state index contributed by atoms with van der Waals surface area (Å²) < 4.78 is 23.4. The van der Waals surface area contributed by atoms with Crippen LogP contribution in [0.5, 0.6) is 0 Å². The van der Waals surface area contributed by atoms with Crippen LogP contribution < -0.4 is 5.14 Å². The maximum atomic E-state index is 12.7. The highest BCUT2D eigenvalue weighted by Crippen LogP contribution is 2.31. The molecule has 2 rings (SSSR count). The molecule has 1 aromatic carbocycles. The SMILES string of the molecule is Cc1cc(C(=O)N2CCCC2(C)C)cc(S(N)(=O)=O)c1C. The highest BCUT2D eigenvalue weighted by Gasteiger charge is 2.36. The van der Waals surface area contributed by atoms with Crippen LogP contribution in [0.4, 0.5) is 0 Å². The molecular weight excluding hydrogens is 288 g/mol. The van der Waals surface area contributed by atoms with E-state index in [-0.39, 0.29) is 16.3 Å². The molecule has 21 heavy (non-hydrogen) atoms. The minimum atomic E-state index is -3.84. The highest BCUT2D eigenvalue weighted by atomic mass is 32.2. The molecule has 1 aliphatic rings. The summed E-state index contributed by atoms with van der Waals surface area (Å²) >= 11 is 0. The van der Waals surface area contributed by atoms with E-state index in [9.17, 15) is 13.2 Å². The van der Waals surface area contributed by atoms with Crippen LogP contribution in [0.2, 0.25) is 0 Å². The quantitative estimate of drug-likeness (QED) is 0.906. The van der Waals surface area contributed by atoms with Crippen molar-refractivity contribution in [2.75, 3.05) is 6.54 Å². The Kier molecular flexibility index (Phi) is 3.88. The molecule has 2 N–H and O–H groups in total. The molecule has 0 radical (unpaired) electrons. The Hall–Kier alpha value is -1.40. The van der Waals surface area contributed by atoms with Crippen LogP contribution in [0.3, 0.4) is 0 Å². The lowest BCUT2D eigenvalue weighted by Gasteiger charge is -2.32. The van der Waals surface area contributed by atoms with Gasteiger partial charge in [-0.3, -0.25) is 4.79 Å². The predicted molar refractivity (Wildman–Crippen MR) is 81.6 cm³/mol. The fourth-order valence-corrected chi connectivity index (χ4v) is 3.76. The molecule has 1 aliphatic heterocycles. The van der Waals surface area contributed by atoms with Gasteiger partial charge in [-0.05, 0) is 63.8 Å². The third-order valence-electron chi connectivity index (χ3n) is 4.32. The molecule has 5 nitrogen and oxygen atoms in total. The zero-order valence-corrected chi connectivity index (χ0v) is 13.8. The second kappa shape index (κ2) is 5.10. The van der Waals surface area contributed by atoms with Crippen LogP contribution in [0.1, 0.15) is 48.2 Å². The first kappa shape index (κ1) is 16.0. The number of amides is 1. The van der Waals surface area contributed by atoms with E-state index in [1.54, 1.807) is 19.9 Å². The number of nitrogens with two attached hydrogens (primary N) is 1. The summed E-state index contributed by atoms with van der Waals surface area (Å²) in [4.78, 5) is 14.5. The van der Waals surface area contributed by atoms with Crippen molar-refractivity contribution >= 4 is 15.9 Å². The van der Waals surface area contributed by atoms with Crippen LogP contribution in [0.25, 0.3) is 0 Å². The number of hydrogen-bond acceptors (Lipinski definition) is 3. The summed E-state index contributed by atoms with van der Waals surface area (Å²) in [6.45, 7) is 8.24. The number of hydrogen-bond donors (Lipinski definition) is 1. The number of rotatable bonds is 2. The average Bonchev–Trinajstić information content (AvgIpc) is 2.69. The molecule has 0 atom stereocenters. The zero-order valence-electron chi connectivity index (χ0n) is 12.9. The van der Waals surface area contributed by atoms with E-state index in [2.05, 4.69) is 0 Å². The van der Waals surface area contributed by atoms with Crippen LogP contribution in [-0.2, 0) is 10.0 Å². The van der Waals surface area contributed by atoms with E-state index >= 15 is 0 Å². The normalized spacial score (nSPS) is 18.0. The molecule has 1 heterocycles. The zero-order chi connectivity index (χ0) is 16.0. The monoisotopic (exact) mass is 310 g/mol. The molecule has 0 saturated carbocycles. The Morgan fingerprint density at radius 3 is 2.38 bits per heavy atom. The Morgan fingerprint density at radius 1 is 1.29 bits per heavy atom. The number of likely N-dealkylation sites (tertiary alicyclic amines) is 1. The summed E-state index contributed by atoms with van der Waals surface area (Å²) in [6, 6.07) is 3.13. The average molecular weight is 310 g/mol. The molecule has 0 unspecified atom stereocenters. The lowest BCUT2D eigenvalue weighted by atomic mass is 10.00. The topological polar surface area (TPSA) is 80.5 Å². The largest absolute Gasteiger partial charge is 0.334 e. The number of sulfonamides is 1. The molecule has 0 aliphatic carbocycles. The molecule has 1 amide bonds. The van der Waals surface area contributed by atoms with Crippen molar-refractivity contribution in [3.63, 3.8) is 0 Å². The van der Waals surface area contributed by atoms with Gasteiger partial charge in [0, 0.05) is 17.6 Å². The lowest BCUT2D eigenvalue weighted by molar-refractivity contribution is 0.0651. The molecule has 1 saturated heterocycles. The highest BCUT2D eigenvalue weighted by molar-refractivity contribution is 7.89. The predicted octanol–water partition coefficient (Wildman–Crippen LogP) is 1.97. The van der Waals surface area contributed by atoms with Crippen molar-refractivity contribution in [1.82, 2.24) is 4.90 Å². The maximum absolute atomic E-state index is 12.7. The van der Waals surface area contributed by atoms with Crippen molar-refractivity contribution < 1.29 is 13.2 Å². The van der Waals surface area contributed by atoms with Gasteiger partial charge in [-0.1, -0.05) is 0 Å². The molecule has 0 spiro atoms. The first-order valence-corrected chi connectivity index (χ1v) is 8.55. The van der Waals surface area contributed by atoms with E-state index in [1.165, 1.54) is 6.07 Å². The maximum Gasteiger partial charge on any atom is 0.254 e. The fourth-order valence-electron chi connectivity index (χ4n) is 2.89. The standard InChI is InChI=1S/C15H22N2O3S/c1-10-8-12(9-13(11(10)2)21(16,19)20)14(18)17-7-5-6-15(17,3)4/h8-9H,5-7H2,1-4H3,(H2,16,19,20). The van der Waals surface area contributed by atoms with E-state index in [1.807, 2.05) is 18.7 Å². The lowest BCUT2D eigenvalue weighted by Crippen LogP contribution is -2.42. The summed E-state index contributed by atoms with van der Waals surface area (Å²) in [7, 11) is -3.84. The summed E-state index contributed by atoms with van der Waals surface area (Å²) in [5, 5.41) is 5.25. The van der Waals surface area contributed by atoms with Crippen molar-refractivity contribution in [1.29, 1.82) is 0 Å². The second-order valence-corrected chi connectivity index (χ2v) is 7.86. The van der Waals surface area contributed by atoms with Crippen LogP contribution in [-0.4, -0.2) is 31.3 Å². The van der Waals surface area contributed by atoms with E-state index in [0.29, 0.717) is 17.7 Å². The van der Waals surface area contributed by atoms with Gasteiger partial charge in [-0.25, -0.2) is 13.6 Å². The van der Waals surface area contributed by atoms with E-state index in [0.717, 1.165) is 18.4 Å². The smallest absolute Gasteiger partial charge is 0.254 e. The third-order valence-corrected chi connectivity index (χ3v) is 5.36. The molecule has 1 aromatic rings. The van der Waals surface area contributed by atoms with Crippen LogP contribution >= 0.6 is 0 Å². The van der Waals surface area contributed by atoms with E-state index in [4.69, 9.17) is 5.14 Å². The molecule has 0 aromatic heterocycles. The number of aryl methyl sites for hydroxylation is 1. The third kappa shape index (κ3) is 2.96. The van der Waals surface area contributed by atoms with Crippen molar-refractivity contribution in [2.45, 2.75) is 51.0 Å². The van der Waals surface area contributed by atoms with Gasteiger partial charge in [0.2, 0.25) is 10.0 Å². The Labute approximate surface area is 126 Å². The van der Waals surface area contributed by atoms with Gasteiger partial charge in [-0.15, -0.1) is 0 Å². The van der Waals surface area contributed by atoms with Gasteiger partial charge < -0.3 is 4.90 Å². The van der Waals surface area contributed by atoms with Crippen LogP contribution in [0.15, 0.2) is 17.0 Å². The molecule has 0 bridgehead atoms. The van der Waals surface area contributed by atoms with Gasteiger partial charge in [-0.2, -0.15) is 0 Å². The van der Waals surface area contributed by atoms with Gasteiger partial charge in [0.1, 0.15) is 0 Å². The van der Waals surface area contributed by atoms with Gasteiger partial charge in [0.25, 0.3) is 5.91 Å². The molecular formula is C15H22N2O3S. The summed E-state index contributed by atoms with van der Waals surface area (Å²) in [5.74, 6) is -0.134.